The number of aromatic nitrogens is 4. The zero-order chi connectivity index (χ0) is 30.8. The lowest BCUT2D eigenvalue weighted by Crippen LogP contribution is -2.04. The van der Waals surface area contributed by atoms with Crippen molar-refractivity contribution in [1.29, 1.82) is 0 Å². The molecule has 4 aromatic rings. The Balaban J connectivity index is 0.000000230. The lowest BCUT2D eigenvalue weighted by molar-refractivity contribution is 0.324. The van der Waals surface area contributed by atoms with E-state index in [0.717, 1.165) is 22.3 Å². The molecule has 0 aliphatic carbocycles. The van der Waals surface area contributed by atoms with Crippen molar-refractivity contribution in [2.45, 2.75) is 12.8 Å². The molecule has 0 spiro atoms. The molecule has 0 saturated heterocycles. The van der Waals surface area contributed by atoms with Crippen LogP contribution in [-0.4, -0.2) is 62.6 Å². The Bertz CT molecular complexity index is 1360. The first kappa shape index (κ1) is 31.1. The summed E-state index contributed by atoms with van der Waals surface area (Å²) in [6.07, 6.45) is 4.29. The number of nitrogens with two attached hydrogens (primary N) is 4. The molecule has 224 valence electrons. The fourth-order valence-electron chi connectivity index (χ4n) is 4.06. The molecular formula is C28H36N8O6. The summed E-state index contributed by atoms with van der Waals surface area (Å²) in [6.45, 7) is 0. The molecule has 4 rings (SSSR count). The lowest BCUT2D eigenvalue weighted by Gasteiger charge is -2.14. The van der Waals surface area contributed by atoms with Crippen LogP contribution < -0.4 is 51.4 Å². The van der Waals surface area contributed by atoms with Crippen LogP contribution in [0, 0.1) is 0 Å². The Labute approximate surface area is 243 Å². The molecule has 14 heteroatoms. The normalized spacial score (nSPS) is 10.2. The van der Waals surface area contributed by atoms with Crippen LogP contribution in [0.5, 0.6) is 34.5 Å². The van der Waals surface area contributed by atoms with Crippen molar-refractivity contribution in [1.82, 2.24) is 19.9 Å². The second kappa shape index (κ2) is 14.3. The van der Waals surface area contributed by atoms with Crippen LogP contribution in [0.15, 0.2) is 36.7 Å². The fourth-order valence-corrected chi connectivity index (χ4v) is 4.06. The Kier molecular flexibility index (Phi) is 10.6. The highest BCUT2D eigenvalue weighted by Crippen LogP contribution is 2.40. The molecular weight excluding hydrogens is 544 g/mol. The molecule has 0 unspecified atom stereocenters. The number of nitrogens with zero attached hydrogens (tertiary/aromatic N) is 4. The number of hydrogen-bond acceptors (Lipinski definition) is 14. The predicted octanol–water partition coefficient (Wildman–Crippen LogP) is 2.52. The van der Waals surface area contributed by atoms with Crippen molar-refractivity contribution in [3.63, 3.8) is 0 Å². The highest BCUT2D eigenvalue weighted by molar-refractivity contribution is 5.56. The third-order valence-corrected chi connectivity index (χ3v) is 6.07. The minimum atomic E-state index is 0.154. The molecule has 2 heterocycles. The van der Waals surface area contributed by atoms with Gasteiger partial charge in [-0.15, -0.1) is 0 Å². The van der Waals surface area contributed by atoms with E-state index in [2.05, 4.69) is 19.9 Å². The molecule has 0 bridgehead atoms. The van der Waals surface area contributed by atoms with Crippen molar-refractivity contribution >= 4 is 23.5 Å². The number of rotatable bonds is 10. The smallest absolute Gasteiger partial charge is 0.221 e. The SMILES string of the molecule is COc1cc(Cc2cnc(N)nc2N)cc(OC)c1OC.COc1cc(Cc2cnc(N)nc2N)cc(OC)c1OC. The molecule has 0 atom stereocenters. The summed E-state index contributed by atoms with van der Waals surface area (Å²) in [4.78, 5) is 15.8. The van der Waals surface area contributed by atoms with Gasteiger partial charge >= 0.3 is 0 Å². The molecule has 0 fully saturated rings. The number of hydrogen-bond donors (Lipinski definition) is 4. The quantitative estimate of drug-likeness (QED) is 0.212. The molecule has 2 aromatic carbocycles. The summed E-state index contributed by atoms with van der Waals surface area (Å²) in [5.74, 6) is 4.46. The zero-order valence-electron chi connectivity index (χ0n) is 24.4. The van der Waals surface area contributed by atoms with Crippen LogP contribution in [-0.2, 0) is 12.8 Å². The van der Waals surface area contributed by atoms with Gasteiger partial charge < -0.3 is 51.4 Å². The third kappa shape index (κ3) is 7.41. The van der Waals surface area contributed by atoms with Gasteiger partial charge in [0, 0.05) is 36.4 Å². The summed E-state index contributed by atoms with van der Waals surface area (Å²) < 4.78 is 31.8. The monoisotopic (exact) mass is 580 g/mol. The van der Waals surface area contributed by atoms with E-state index in [1.54, 1.807) is 55.1 Å². The van der Waals surface area contributed by atoms with Crippen molar-refractivity contribution < 1.29 is 28.4 Å². The maximum atomic E-state index is 5.85. The second-order valence-electron chi connectivity index (χ2n) is 8.70. The number of ether oxygens (including phenoxy) is 6. The number of nitrogen functional groups attached to an aromatic ring is 4. The van der Waals surface area contributed by atoms with Crippen molar-refractivity contribution in [3.05, 3.63) is 58.9 Å². The minimum Gasteiger partial charge on any atom is -0.493 e. The number of methoxy groups -OCH3 is 6. The molecule has 0 amide bonds. The minimum absolute atomic E-state index is 0.154. The van der Waals surface area contributed by atoms with Gasteiger partial charge in [0.05, 0.1) is 42.7 Å². The molecule has 2 aromatic heterocycles. The summed E-state index contributed by atoms with van der Waals surface area (Å²) in [5.41, 5.74) is 26.1. The third-order valence-electron chi connectivity index (χ3n) is 6.07. The van der Waals surface area contributed by atoms with E-state index in [-0.39, 0.29) is 11.9 Å². The van der Waals surface area contributed by atoms with Crippen LogP contribution in [0.2, 0.25) is 0 Å². The average Bonchev–Trinajstić information content (AvgIpc) is 2.99. The van der Waals surface area contributed by atoms with Gasteiger partial charge in [0.25, 0.3) is 0 Å². The summed E-state index contributed by atoms with van der Waals surface area (Å²) in [5, 5.41) is 0. The zero-order valence-corrected chi connectivity index (χ0v) is 24.4. The Hall–Kier alpha value is -5.40. The van der Waals surface area contributed by atoms with Crippen molar-refractivity contribution in [3.8, 4) is 34.5 Å². The molecule has 14 nitrogen and oxygen atoms in total. The van der Waals surface area contributed by atoms with Crippen LogP contribution in [0.3, 0.4) is 0 Å². The summed E-state index contributed by atoms with van der Waals surface area (Å²) in [6, 6.07) is 7.43. The van der Waals surface area contributed by atoms with Gasteiger partial charge in [0.15, 0.2) is 23.0 Å². The highest BCUT2D eigenvalue weighted by atomic mass is 16.5. The second-order valence-corrected chi connectivity index (χ2v) is 8.70. The van der Waals surface area contributed by atoms with Crippen LogP contribution in [0.1, 0.15) is 22.3 Å². The fraction of sp³-hybridized carbons (Fsp3) is 0.286. The average molecular weight is 581 g/mol. The van der Waals surface area contributed by atoms with E-state index in [0.29, 0.717) is 59.0 Å². The summed E-state index contributed by atoms with van der Waals surface area (Å²) >= 11 is 0. The van der Waals surface area contributed by atoms with Gasteiger partial charge in [-0.25, -0.2) is 9.97 Å². The highest BCUT2D eigenvalue weighted by Gasteiger charge is 2.16. The van der Waals surface area contributed by atoms with Gasteiger partial charge in [0.1, 0.15) is 11.6 Å². The van der Waals surface area contributed by atoms with Crippen LogP contribution >= 0.6 is 0 Å². The lowest BCUT2D eigenvalue weighted by atomic mass is 10.1. The summed E-state index contributed by atoms with van der Waals surface area (Å²) in [7, 11) is 9.41. The Morgan fingerprint density at radius 1 is 0.500 bits per heavy atom. The molecule has 0 aliphatic rings. The standard InChI is InChI=1S/2C14H18N4O3/c2*1-19-10-5-8(6-11(20-2)12(10)21-3)4-9-7-17-14(16)18-13(9)15/h2*5-7H,4H2,1-3H3,(H4,15,16,17,18). The molecule has 0 aliphatic heterocycles. The van der Waals surface area contributed by atoms with Crippen molar-refractivity contribution in [2.75, 3.05) is 65.6 Å². The van der Waals surface area contributed by atoms with Gasteiger partial charge in [-0.2, -0.15) is 9.97 Å². The van der Waals surface area contributed by atoms with E-state index in [9.17, 15) is 0 Å². The Morgan fingerprint density at radius 2 is 0.810 bits per heavy atom. The van der Waals surface area contributed by atoms with Crippen LogP contribution in [0.25, 0.3) is 0 Å². The topological polar surface area (TPSA) is 211 Å². The van der Waals surface area contributed by atoms with E-state index in [1.165, 1.54) is 0 Å². The van der Waals surface area contributed by atoms with Gasteiger partial charge in [-0.3, -0.25) is 0 Å². The first-order valence-corrected chi connectivity index (χ1v) is 12.5. The molecule has 0 radical (unpaired) electrons. The molecule has 0 saturated carbocycles. The largest absolute Gasteiger partial charge is 0.493 e. The first-order valence-electron chi connectivity index (χ1n) is 12.5. The molecule has 8 N–H and O–H groups in total. The maximum absolute atomic E-state index is 5.85. The molecule has 42 heavy (non-hydrogen) atoms. The van der Waals surface area contributed by atoms with Gasteiger partial charge in [0.2, 0.25) is 23.4 Å². The van der Waals surface area contributed by atoms with E-state index >= 15 is 0 Å². The van der Waals surface area contributed by atoms with E-state index in [1.807, 2.05) is 24.3 Å². The predicted molar refractivity (Wildman–Crippen MR) is 160 cm³/mol. The van der Waals surface area contributed by atoms with E-state index in [4.69, 9.17) is 51.4 Å². The number of benzene rings is 2. The first-order chi connectivity index (χ1) is 20.2. The van der Waals surface area contributed by atoms with E-state index < -0.39 is 0 Å². The van der Waals surface area contributed by atoms with Gasteiger partial charge in [-0.05, 0) is 35.4 Å². The number of anilines is 4. The van der Waals surface area contributed by atoms with Gasteiger partial charge in [-0.1, -0.05) is 0 Å². The Morgan fingerprint density at radius 3 is 1.05 bits per heavy atom. The maximum Gasteiger partial charge on any atom is 0.221 e. The van der Waals surface area contributed by atoms with Crippen molar-refractivity contribution in [2.24, 2.45) is 0 Å². The van der Waals surface area contributed by atoms with Crippen LogP contribution in [0.4, 0.5) is 23.5 Å².